The number of aryl methyl sites for hydroxylation is 1. The molecule has 152 valence electrons. The van der Waals surface area contributed by atoms with Crippen LogP contribution in [0.3, 0.4) is 0 Å². The van der Waals surface area contributed by atoms with E-state index in [2.05, 4.69) is 5.32 Å². The van der Waals surface area contributed by atoms with Gasteiger partial charge in [-0.2, -0.15) is 0 Å². The number of urea groups is 1. The molecule has 0 saturated heterocycles. The maximum atomic E-state index is 13.8. The van der Waals surface area contributed by atoms with Gasteiger partial charge in [0.15, 0.2) is 11.6 Å². The molecule has 1 heterocycles. The van der Waals surface area contributed by atoms with Crippen LogP contribution in [0.25, 0.3) is 10.8 Å². The van der Waals surface area contributed by atoms with Crippen molar-refractivity contribution in [1.29, 1.82) is 0 Å². The molecule has 29 heavy (non-hydrogen) atoms. The van der Waals surface area contributed by atoms with Gasteiger partial charge in [0.1, 0.15) is 5.82 Å². The molecule has 0 radical (unpaired) electrons. The number of nitrogens with zero attached hydrogens (tertiary/aromatic N) is 2. The Hall–Kier alpha value is -3.00. The van der Waals surface area contributed by atoms with E-state index in [1.54, 1.807) is 6.92 Å². The van der Waals surface area contributed by atoms with Crippen LogP contribution >= 0.6 is 11.6 Å². The number of hydrogen-bond acceptors (Lipinski definition) is 2. The summed E-state index contributed by atoms with van der Waals surface area (Å²) in [6, 6.07) is 4.41. The Balaban J connectivity index is 1.97. The minimum Gasteiger partial charge on any atom is -0.321 e. The lowest BCUT2D eigenvalue weighted by molar-refractivity contribution is 0.208. The van der Waals surface area contributed by atoms with E-state index in [0.29, 0.717) is 11.3 Å². The van der Waals surface area contributed by atoms with Gasteiger partial charge in [0.25, 0.3) is 5.56 Å². The first-order valence-corrected chi connectivity index (χ1v) is 8.95. The highest BCUT2D eigenvalue weighted by Crippen LogP contribution is 2.28. The molecule has 5 nitrogen and oxygen atoms in total. The molecule has 0 spiro atoms. The third-order valence-electron chi connectivity index (χ3n) is 4.78. The molecule has 3 rings (SSSR count). The molecular formula is C20H17ClF3N3O2. The van der Waals surface area contributed by atoms with E-state index >= 15 is 0 Å². The van der Waals surface area contributed by atoms with Gasteiger partial charge in [-0.1, -0.05) is 11.6 Å². The number of fused-ring (bicyclic) bond motifs is 1. The predicted molar refractivity (Wildman–Crippen MR) is 106 cm³/mol. The van der Waals surface area contributed by atoms with Crippen LogP contribution in [0.15, 0.2) is 41.3 Å². The molecule has 2 amide bonds. The van der Waals surface area contributed by atoms with Gasteiger partial charge in [0, 0.05) is 26.0 Å². The number of rotatable bonds is 3. The van der Waals surface area contributed by atoms with Crippen LogP contribution in [0.5, 0.6) is 0 Å². The second-order valence-electron chi connectivity index (χ2n) is 6.66. The van der Waals surface area contributed by atoms with Crippen LogP contribution in [0.4, 0.5) is 23.7 Å². The van der Waals surface area contributed by atoms with Gasteiger partial charge in [-0.3, -0.25) is 4.79 Å². The first-order valence-electron chi connectivity index (χ1n) is 8.57. The van der Waals surface area contributed by atoms with Crippen LogP contribution < -0.4 is 10.9 Å². The Bertz CT molecular complexity index is 1180. The fraction of sp³-hybridized carbons (Fsp3) is 0.200. The van der Waals surface area contributed by atoms with Crippen molar-refractivity contribution in [1.82, 2.24) is 9.47 Å². The maximum absolute atomic E-state index is 13.8. The summed E-state index contributed by atoms with van der Waals surface area (Å²) in [6.45, 7) is 1.68. The van der Waals surface area contributed by atoms with Gasteiger partial charge in [-0.05, 0) is 48.2 Å². The SMILES string of the molecule is C[C@H](c1cn(C)c(=O)c2cc(F)c(F)cc12)N(C)C(=O)Nc1ccc(F)c(Cl)c1. The molecule has 1 N–H and O–H groups in total. The summed E-state index contributed by atoms with van der Waals surface area (Å²) in [4.78, 5) is 26.2. The van der Waals surface area contributed by atoms with Crippen LogP contribution in [0.1, 0.15) is 18.5 Å². The molecule has 0 bridgehead atoms. The summed E-state index contributed by atoms with van der Waals surface area (Å²) >= 11 is 5.72. The lowest BCUT2D eigenvalue weighted by atomic mass is 10.0. The molecule has 0 aliphatic heterocycles. The number of amides is 2. The smallest absolute Gasteiger partial charge is 0.321 e. The molecule has 1 atom stereocenters. The topological polar surface area (TPSA) is 54.3 Å². The summed E-state index contributed by atoms with van der Waals surface area (Å²) in [5.74, 6) is -2.83. The number of anilines is 1. The largest absolute Gasteiger partial charge is 0.322 e. The third-order valence-corrected chi connectivity index (χ3v) is 5.07. The summed E-state index contributed by atoms with van der Waals surface area (Å²) < 4.78 is 42.0. The fourth-order valence-corrected chi connectivity index (χ4v) is 3.17. The van der Waals surface area contributed by atoms with Gasteiger partial charge in [0.05, 0.1) is 16.5 Å². The van der Waals surface area contributed by atoms with E-state index in [-0.39, 0.29) is 15.8 Å². The molecule has 3 aromatic rings. The van der Waals surface area contributed by atoms with E-state index in [9.17, 15) is 22.8 Å². The Kier molecular flexibility index (Phi) is 5.57. The van der Waals surface area contributed by atoms with E-state index in [1.165, 1.54) is 41.9 Å². The van der Waals surface area contributed by atoms with Crippen molar-refractivity contribution in [3.63, 3.8) is 0 Å². The van der Waals surface area contributed by atoms with Gasteiger partial charge < -0.3 is 14.8 Å². The number of carbonyl (C=O) groups is 1. The van der Waals surface area contributed by atoms with Crippen molar-refractivity contribution in [2.24, 2.45) is 7.05 Å². The lowest BCUT2D eigenvalue weighted by Crippen LogP contribution is -2.34. The first kappa shape index (κ1) is 20.7. The Morgan fingerprint density at radius 1 is 1.10 bits per heavy atom. The van der Waals surface area contributed by atoms with Crippen LogP contribution in [-0.4, -0.2) is 22.5 Å². The van der Waals surface area contributed by atoms with Crippen molar-refractivity contribution >= 4 is 34.1 Å². The van der Waals surface area contributed by atoms with Crippen LogP contribution in [0.2, 0.25) is 5.02 Å². The average molecular weight is 424 g/mol. The number of pyridine rings is 1. The highest BCUT2D eigenvalue weighted by Gasteiger charge is 2.22. The molecule has 0 unspecified atom stereocenters. The normalized spacial score (nSPS) is 12.1. The fourth-order valence-electron chi connectivity index (χ4n) is 2.99. The number of nitrogens with one attached hydrogen (secondary N) is 1. The minimum absolute atomic E-state index is 0.00914. The number of hydrogen-bond donors (Lipinski definition) is 1. The molecule has 0 aliphatic carbocycles. The molecule has 0 aliphatic rings. The minimum atomic E-state index is -1.13. The second-order valence-corrected chi connectivity index (χ2v) is 7.07. The molecule has 9 heteroatoms. The van der Waals surface area contributed by atoms with Crippen LogP contribution in [0, 0.1) is 17.5 Å². The molecule has 1 aromatic heterocycles. The predicted octanol–water partition coefficient (Wildman–Crippen LogP) is 4.83. The van der Waals surface area contributed by atoms with Gasteiger partial charge in [0.2, 0.25) is 0 Å². The number of benzene rings is 2. The quantitative estimate of drug-likeness (QED) is 0.655. The van der Waals surface area contributed by atoms with E-state index < -0.39 is 35.1 Å². The highest BCUT2D eigenvalue weighted by atomic mass is 35.5. The van der Waals surface area contributed by atoms with Crippen molar-refractivity contribution in [2.75, 3.05) is 12.4 Å². The van der Waals surface area contributed by atoms with Crippen molar-refractivity contribution < 1.29 is 18.0 Å². The summed E-state index contributed by atoms with van der Waals surface area (Å²) in [6.07, 6.45) is 1.48. The summed E-state index contributed by atoms with van der Waals surface area (Å²) in [5.41, 5.74) is 0.262. The second kappa shape index (κ2) is 7.79. The molecule has 0 saturated carbocycles. The van der Waals surface area contributed by atoms with Crippen molar-refractivity contribution in [2.45, 2.75) is 13.0 Å². The zero-order chi connectivity index (χ0) is 21.5. The number of halogens is 4. The monoisotopic (exact) mass is 423 g/mol. The molecular weight excluding hydrogens is 407 g/mol. The average Bonchev–Trinajstić information content (AvgIpc) is 2.68. The maximum Gasteiger partial charge on any atom is 0.322 e. The first-order chi connectivity index (χ1) is 13.6. The van der Waals surface area contributed by atoms with Gasteiger partial charge in [-0.25, -0.2) is 18.0 Å². The van der Waals surface area contributed by atoms with Crippen molar-refractivity contribution in [3.8, 4) is 0 Å². The summed E-state index contributed by atoms with van der Waals surface area (Å²) in [5, 5.41) is 2.67. The standard InChI is InChI=1S/C20H17ClF3N3O2/c1-10(27(3)20(29)25-11-4-5-16(22)15(21)6-11)14-9-26(2)19(28)13-8-18(24)17(23)7-12(13)14/h4-10H,1-3H3,(H,25,29)/t10-/m1/s1. The zero-order valence-electron chi connectivity index (χ0n) is 15.8. The highest BCUT2D eigenvalue weighted by molar-refractivity contribution is 6.31. The Labute approximate surface area is 169 Å². The number of aromatic nitrogens is 1. The van der Waals surface area contributed by atoms with Gasteiger partial charge >= 0.3 is 6.03 Å². The van der Waals surface area contributed by atoms with E-state index in [1.807, 2.05) is 0 Å². The molecule has 0 fully saturated rings. The lowest BCUT2D eigenvalue weighted by Gasteiger charge is -2.27. The zero-order valence-corrected chi connectivity index (χ0v) is 16.5. The van der Waals surface area contributed by atoms with E-state index in [0.717, 1.165) is 18.2 Å². The Morgan fingerprint density at radius 2 is 1.72 bits per heavy atom. The molecule has 2 aromatic carbocycles. The van der Waals surface area contributed by atoms with Crippen LogP contribution in [-0.2, 0) is 7.05 Å². The summed E-state index contributed by atoms with van der Waals surface area (Å²) in [7, 11) is 2.99. The third kappa shape index (κ3) is 3.93. The van der Waals surface area contributed by atoms with Gasteiger partial charge in [-0.15, -0.1) is 0 Å². The Morgan fingerprint density at radius 3 is 2.34 bits per heavy atom. The van der Waals surface area contributed by atoms with Crippen molar-refractivity contribution in [3.05, 3.63) is 74.9 Å². The van der Waals surface area contributed by atoms with E-state index in [4.69, 9.17) is 11.6 Å². The number of carbonyl (C=O) groups excluding carboxylic acids is 1.